The highest BCUT2D eigenvalue weighted by Gasteiger charge is 2.11. The second-order valence-corrected chi connectivity index (χ2v) is 5.59. The van der Waals surface area contributed by atoms with Gasteiger partial charge < -0.3 is 5.32 Å². The highest BCUT2D eigenvalue weighted by Crippen LogP contribution is 2.22. The molecule has 1 N–H and O–H groups in total. The van der Waals surface area contributed by atoms with Crippen molar-refractivity contribution in [3.63, 3.8) is 0 Å². The van der Waals surface area contributed by atoms with Crippen LogP contribution >= 0.6 is 0 Å². The standard InChI is InChI=1S/C16H23F2N/c17-15-9-14(10-16(18)11-15)7-8-19-12-13-5-3-1-2-4-6-13/h9-11,13,19H,1-8,12H2. The zero-order valence-corrected chi connectivity index (χ0v) is 11.4. The van der Waals surface area contributed by atoms with E-state index in [1.165, 1.54) is 50.7 Å². The summed E-state index contributed by atoms with van der Waals surface area (Å²) >= 11 is 0. The second-order valence-electron chi connectivity index (χ2n) is 5.59. The predicted octanol–water partition coefficient (Wildman–Crippen LogP) is 4.07. The van der Waals surface area contributed by atoms with Gasteiger partial charge in [-0.15, -0.1) is 0 Å². The highest BCUT2D eigenvalue weighted by atomic mass is 19.1. The van der Waals surface area contributed by atoms with Crippen LogP contribution in [0.4, 0.5) is 8.78 Å². The van der Waals surface area contributed by atoms with Crippen LogP contribution in [0, 0.1) is 17.6 Å². The molecule has 1 nitrogen and oxygen atoms in total. The fourth-order valence-electron chi connectivity index (χ4n) is 2.86. The minimum atomic E-state index is -0.487. The third-order valence-corrected chi connectivity index (χ3v) is 3.92. The molecule has 1 fully saturated rings. The van der Waals surface area contributed by atoms with Crippen LogP contribution in [0.3, 0.4) is 0 Å². The van der Waals surface area contributed by atoms with Crippen LogP contribution in [-0.2, 0) is 6.42 Å². The van der Waals surface area contributed by atoms with E-state index in [1.807, 2.05) is 0 Å². The molecule has 2 rings (SSSR count). The summed E-state index contributed by atoms with van der Waals surface area (Å²) in [6.45, 7) is 1.83. The molecular formula is C16H23F2N. The molecule has 3 heteroatoms. The van der Waals surface area contributed by atoms with Gasteiger partial charge in [-0.2, -0.15) is 0 Å². The maximum Gasteiger partial charge on any atom is 0.126 e. The first kappa shape index (κ1) is 14.4. The number of hydrogen-bond acceptors (Lipinski definition) is 1. The van der Waals surface area contributed by atoms with Crippen molar-refractivity contribution < 1.29 is 8.78 Å². The van der Waals surface area contributed by atoms with E-state index in [0.717, 1.165) is 30.6 Å². The first-order valence-electron chi connectivity index (χ1n) is 7.40. The molecule has 0 aromatic heterocycles. The van der Waals surface area contributed by atoms with Gasteiger partial charge in [0.05, 0.1) is 0 Å². The average molecular weight is 267 g/mol. The van der Waals surface area contributed by atoms with Crippen LogP contribution in [0.5, 0.6) is 0 Å². The topological polar surface area (TPSA) is 12.0 Å². The van der Waals surface area contributed by atoms with E-state index < -0.39 is 11.6 Å². The molecule has 1 aliphatic rings. The predicted molar refractivity (Wildman–Crippen MR) is 74.1 cm³/mol. The molecule has 0 heterocycles. The van der Waals surface area contributed by atoms with Crippen molar-refractivity contribution in [2.24, 2.45) is 5.92 Å². The van der Waals surface area contributed by atoms with Crippen molar-refractivity contribution in [3.8, 4) is 0 Å². The van der Waals surface area contributed by atoms with Gasteiger partial charge in [0.25, 0.3) is 0 Å². The molecule has 0 saturated heterocycles. The van der Waals surface area contributed by atoms with Crippen molar-refractivity contribution >= 4 is 0 Å². The van der Waals surface area contributed by atoms with Crippen LogP contribution in [0.2, 0.25) is 0 Å². The molecular weight excluding hydrogens is 244 g/mol. The summed E-state index contributed by atoms with van der Waals surface area (Å²) in [5, 5.41) is 3.43. The zero-order valence-electron chi connectivity index (χ0n) is 11.4. The largest absolute Gasteiger partial charge is 0.316 e. The van der Waals surface area contributed by atoms with Crippen LogP contribution in [0.25, 0.3) is 0 Å². The Labute approximate surface area is 114 Å². The SMILES string of the molecule is Fc1cc(F)cc(CCNCC2CCCCCC2)c1. The fourth-order valence-corrected chi connectivity index (χ4v) is 2.86. The van der Waals surface area contributed by atoms with Gasteiger partial charge in [-0.1, -0.05) is 25.7 Å². The lowest BCUT2D eigenvalue weighted by molar-refractivity contribution is 0.427. The van der Waals surface area contributed by atoms with E-state index >= 15 is 0 Å². The first-order valence-corrected chi connectivity index (χ1v) is 7.40. The lowest BCUT2D eigenvalue weighted by Gasteiger charge is -2.14. The molecule has 1 aliphatic carbocycles. The van der Waals surface area contributed by atoms with Gasteiger partial charge in [-0.05, 0) is 56.0 Å². The Morgan fingerprint density at radius 2 is 1.58 bits per heavy atom. The van der Waals surface area contributed by atoms with Gasteiger partial charge in [-0.3, -0.25) is 0 Å². The summed E-state index contributed by atoms with van der Waals surface area (Å²) in [4.78, 5) is 0. The normalized spacial score (nSPS) is 17.4. The van der Waals surface area contributed by atoms with Crippen molar-refractivity contribution in [3.05, 3.63) is 35.4 Å². The van der Waals surface area contributed by atoms with E-state index in [2.05, 4.69) is 5.32 Å². The molecule has 0 atom stereocenters. The van der Waals surface area contributed by atoms with E-state index in [1.54, 1.807) is 0 Å². The molecule has 0 radical (unpaired) electrons. The molecule has 19 heavy (non-hydrogen) atoms. The monoisotopic (exact) mass is 267 g/mol. The van der Waals surface area contributed by atoms with Crippen LogP contribution in [0.1, 0.15) is 44.1 Å². The van der Waals surface area contributed by atoms with Crippen molar-refractivity contribution in [1.29, 1.82) is 0 Å². The Kier molecular flexibility index (Phi) is 5.77. The van der Waals surface area contributed by atoms with Crippen molar-refractivity contribution in [1.82, 2.24) is 5.32 Å². The number of rotatable bonds is 5. The molecule has 1 aromatic carbocycles. The first-order chi connectivity index (χ1) is 9.24. The van der Waals surface area contributed by atoms with Gasteiger partial charge in [0, 0.05) is 6.07 Å². The quantitative estimate of drug-likeness (QED) is 0.626. The Hall–Kier alpha value is -0.960. The maximum absolute atomic E-state index is 13.0. The number of nitrogens with one attached hydrogen (secondary N) is 1. The van der Waals surface area contributed by atoms with Gasteiger partial charge in [0.15, 0.2) is 0 Å². The molecule has 106 valence electrons. The van der Waals surface area contributed by atoms with Gasteiger partial charge in [-0.25, -0.2) is 8.78 Å². The molecule has 0 amide bonds. The van der Waals surface area contributed by atoms with E-state index in [-0.39, 0.29) is 0 Å². The van der Waals surface area contributed by atoms with Crippen molar-refractivity contribution in [2.45, 2.75) is 44.9 Å². The third kappa shape index (κ3) is 5.27. The van der Waals surface area contributed by atoms with Crippen molar-refractivity contribution in [2.75, 3.05) is 13.1 Å². The lowest BCUT2D eigenvalue weighted by atomic mass is 10.0. The fraction of sp³-hybridized carbons (Fsp3) is 0.625. The molecule has 1 saturated carbocycles. The van der Waals surface area contributed by atoms with Gasteiger partial charge in [0.1, 0.15) is 11.6 Å². The Morgan fingerprint density at radius 1 is 0.947 bits per heavy atom. The van der Waals surface area contributed by atoms with Crippen LogP contribution in [-0.4, -0.2) is 13.1 Å². The van der Waals surface area contributed by atoms with Gasteiger partial charge >= 0.3 is 0 Å². The number of halogens is 2. The zero-order chi connectivity index (χ0) is 13.5. The minimum Gasteiger partial charge on any atom is -0.316 e. The summed E-state index contributed by atoms with van der Waals surface area (Å²) in [7, 11) is 0. The van der Waals surface area contributed by atoms with Gasteiger partial charge in [0.2, 0.25) is 0 Å². The molecule has 1 aromatic rings. The van der Waals surface area contributed by atoms with E-state index in [4.69, 9.17) is 0 Å². The summed E-state index contributed by atoms with van der Waals surface area (Å²) in [6.07, 6.45) is 8.77. The molecule has 0 bridgehead atoms. The van der Waals surface area contributed by atoms with Crippen LogP contribution < -0.4 is 5.32 Å². The Balaban J connectivity index is 1.68. The summed E-state index contributed by atoms with van der Waals surface area (Å²) < 4.78 is 26.0. The molecule has 0 spiro atoms. The molecule has 0 unspecified atom stereocenters. The number of hydrogen-bond donors (Lipinski definition) is 1. The second kappa shape index (κ2) is 7.59. The average Bonchev–Trinajstić information content (AvgIpc) is 2.62. The number of benzene rings is 1. The van der Waals surface area contributed by atoms with E-state index in [0.29, 0.717) is 6.42 Å². The Morgan fingerprint density at radius 3 is 2.21 bits per heavy atom. The summed E-state index contributed by atoms with van der Waals surface area (Å²) in [5.74, 6) is -0.190. The van der Waals surface area contributed by atoms with E-state index in [9.17, 15) is 8.78 Å². The summed E-state index contributed by atoms with van der Waals surface area (Å²) in [5.41, 5.74) is 0.728. The smallest absolute Gasteiger partial charge is 0.126 e. The third-order valence-electron chi connectivity index (χ3n) is 3.92. The highest BCUT2D eigenvalue weighted by molar-refractivity contribution is 5.18. The summed E-state index contributed by atoms with van der Waals surface area (Å²) in [6, 6.07) is 3.75. The maximum atomic E-state index is 13.0. The van der Waals surface area contributed by atoms with Crippen LogP contribution in [0.15, 0.2) is 18.2 Å². The minimum absolute atomic E-state index is 0.487. The molecule has 0 aliphatic heterocycles. The Bertz CT molecular complexity index is 364. The lowest BCUT2D eigenvalue weighted by Crippen LogP contribution is -2.24.